The summed E-state index contributed by atoms with van der Waals surface area (Å²) in [4.78, 5) is 23.1. The van der Waals surface area contributed by atoms with Crippen LogP contribution < -0.4 is 11.1 Å². The highest BCUT2D eigenvalue weighted by atomic mass is 35.5. The number of hydrogen-bond acceptors (Lipinski definition) is 4. The Morgan fingerprint density at radius 1 is 1.50 bits per heavy atom. The summed E-state index contributed by atoms with van der Waals surface area (Å²) in [5, 5.41) is 3.03. The third-order valence-corrected chi connectivity index (χ3v) is 3.15. The van der Waals surface area contributed by atoms with Crippen molar-refractivity contribution in [1.82, 2.24) is 0 Å². The molecular weight excluding hydrogens is 256 g/mol. The smallest absolute Gasteiger partial charge is 0.337 e. The van der Waals surface area contributed by atoms with Crippen molar-refractivity contribution < 1.29 is 14.3 Å². The monoisotopic (exact) mass is 268 g/mol. The molecule has 1 fully saturated rings. The summed E-state index contributed by atoms with van der Waals surface area (Å²) in [6, 6.07) is 4.48. The predicted octanol–water partition coefficient (Wildman–Crippen LogP) is 1.41. The third kappa shape index (κ3) is 2.63. The third-order valence-electron chi connectivity index (χ3n) is 2.82. The normalized spacial score (nSPS) is 21.3. The van der Waals surface area contributed by atoms with Gasteiger partial charge >= 0.3 is 5.97 Å². The summed E-state index contributed by atoms with van der Waals surface area (Å²) in [5.74, 6) is -0.820. The van der Waals surface area contributed by atoms with Crippen LogP contribution in [0.5, 0.6) is 0 Å². The van der Waals surface area contributed by atoms with E-state index >= 15 is 0 Å². The predicted molar refractivity (Wildman–Crippen MR) is 67.5 cm³/mol. The van der Waals surface area contributed by atoms with Crippen LogP contribution in [0.4, 0.5) is 5.69 Å². The Labute approximate surface area is 109 Å². The SMILES string of the molecule is COC(=O)c1ccc(Cl)c(NC(=O)C2CC2N)c1. The van der Waals surface area contributed by atoms with E-state index < -0.39 is 5.97 Å². The standard InChI is InChI=1S/C12H13ClN2O3/c1-18-12(17)6-2-3-8(13)10(4-6)15-11(16)7-5-9(7)14/h2-4,7,9H,5,14H2,1H3,(H,15,16). The van der Waals surface area contributed by atoms with Crippen molar-refractivity contribution >= 4 is 29.2 Å². The highest BCUT2D eigenvalue weighted by Crippen LogP contribution is 2.31. The molecule has 0 saturated heterocycles. The van der Waals surface area contributed by atoms with Crippen LogP contribution in [-0.2, 0) is 9.53 Å². The Kier molecular flexibility index (Phi) is 3.54. The van der Waals surface area contributed by atoms with Crippen LogP contribution in [0.25, 0.3) is 0 Å². The second-order valence-electron chi connectivity index (χ2n) is 4.18. The van der Waals surface area contributed by atoms with Crippen molar-refractivity contribution in [2.45, 2.75) is 12.5 Å². The van der Waals surface area contributed by atoms with E-state index in [9.17, 15) is 9.59 Å². The lowest BCUT2D eigenvalue weighted by Gasteiger charge is -2.08. The van der Waals surface area contributed by atoms with E-state index in [-0.39, 0.29) is 17.9 Å². The molecule has 0 aliphatic heterocycles. The zero-order valence-electron chi connectivity index (χ0n) is 9.77. The first kappa shape index (κ1) is 12.9. The first-order valence-corrected chi connectivity index (χ1v) is 5.85. The van der Waals surface area contributed by atoms with Crippen LogP contribution in [0.15, 0.2) is 18.2 Å². The van der Waals surface area contributed by atoms with Gasteiger partial charge in [0.1, 0.15) is 0 Å². The molecule has 1 aliphatic rings. The Bertz CT molecular complexity index is 504. The molecule has 18 heavy (non-hydrogen) atoms. The Balaban J connectivity index is 2.16. The average Bonchev–Trinajstić information content (AvgIpc) is 3.08. The molecule has 96 valence electrons. The Morgan fingerprint density at radius 2 is 2.17 bits per heavy atom. The van der Waals surface area contributed by atoms with Crippen molar-refractivity contribution in [2.75, 3.05) is 12.4 Å². The molecule has 5 nitrogen and oxygen atoms in total. The topological polar surface area (TPSA) is 81.4 Å². The van der Waals surface area contributed by atoms with Gasteiger partial charge in [-0.3, -0.25) is 4.79 Å². The molecule has 6 heteroatoms. The number of esters is 1. The summed E-state index contributed by atoms with van der Waals surface area (Å²) < 4.78 is 4.60. The van der Waals surface area contributed by atoms with E-state index in [0.29, 0.717) is 22.7 Å². The maximum absolute atomic E-state index is 11.7. The quantitative estimate of drug-likeness (QED) is 0.812. The number of amides is 1. The van der Waals surface area contributed by atoms with Gasteiger partial charge in [0, 0.05) is 6.04 Å². The van der Waals surface area contributed by atoms with Gasteiger partial charge in [0.2, 0.25) is 5.91 Å². The molecule has 1 aromatic carbocycles. The Hall–Kier alpha value is -1.59. The second kappa shape index (κ2) is 4.96. The summed E-state index contributed by atoms with van der Waals surface area (Å²) in [7, 11) is 1.29. The molecule has 0 radical (unpaired) electrons. The first-order chi connectivity index (χ1) is 8.52. The van der Waals surface area contributed by atoms with Crippen molar-refractivity contribution in [3.63, 3.8) is 0 Å². The summed E-state index contributed by atoms with van der Waals surface area (Å²) in [6.45, 7) is 0. The number of methoxy groups -OCH3 is 1. The van der Waals surface area contributed by atoms with Gasteiger partial charge in [0.25, 0.3) is 0 Å². The second-order valence-corrected chi connectivity index (χ2v) is 4.59. The van der Waals surface area contributed by atoms with Gasteiger partial charge in [-0.1, -0.05) is 11.6 Å². The van der Waals surface area contributed by atoms with Crippen LogP contribution in [0.1, 0.15) is 16.8 Å². The van der Waals surface area contributed by atoms with Gasteiger partial charge in [0.05, 0.1) is 29.3 Å². The fourth-order valence-electron chi connectivity index (χ4n) is 1.61. The minimum absolute atomic E-state index is 0.0763. The lowest BCUT2D eigenvalue weighted by Crippen LogP contribution is -2.19. The van der Waals surface area contributed by atoms with Crippen LogP contribution in [0.3, 0.4) is 0 Å². The zero-order valence-corrected chi connectivity index (χ0v) is 10.5. The van der Waals surface area contributed by atoms with Crippen LogP contribution in [0.2, 0.25) is 5.02 Å². The van der Waals surface area contributed by atoms with Gasteiger partial charge in [-0.2, -0.15) is 0 Å². The number of carbonyl (C=O) groups excluding carboxylic acids is 2. The number of carbonyl (C=O) groups is 2. The minimum Gasteiger partial charge on any atom is -0.465 e. The highest BCUT2D eigenvalue weighted by Gasteiger charge is 2.40. The fourth-order valence-corrected chi connectivity index (χ4v) is 1.77. The van der Waals surface area contributed by atoms with Gasteiger partial charge in [-0.05, 0) is 24.6 Å². The molecule has 0 spiro atoms. The molecule has 2 rings (SSSR count). The molecular formula is C12H13ClN2O3. The number of nitrogens with one attached hydrogen (secondary N) is 1. The maximum Gasteiger partial charge on any atom is 0.337 e. The van der Waals surface area contributed by atoms with Crippen LogP contribution >= 0.6 is 11.6 Å². The largest absolute Gasteiger partial charge is 0.465 e. The maximum atomic E-state index is 11.7. The number of hydrogen-bond donors (Lipinski definition) is 2. The molecule has 0 aromatic heterocycles. The zero-order chi connectivity index (χ0) is 13.3. The van der Waals surface area contributed by atoms with E-state index in [2.05, 4.69) is 10.1 Å². The van der Waals surface area contributed by atoms with Crippen molar-refractivity contribution in [2.24, 2.45) is 11.7 Å². The lowest BCUT2D eigenvalue weighted by atomic mass is 10.2. The average molecular weight is 269 g/mol. The van der Waals surface area contributed by atoms with Gasteiger partial charge in [0.15, 0.2) is 0 Å². The van der Waals surface area contributed by atoms with Crippen molar-refractivity contribution in [1.29, 1.82) is 0 Å². The highest BCUT2D eigenvalue weighted by molar-refractivity contribution is 6.33. The molecule has 1 amide bonds. The lowest BCUT2D eigenvalue weighted by molar-refractivity contribution is -0.117. The number of anilines is 1. The minimum atomic E-state index is -0.481. The van der Waals surface area contributed by atoms with Crippen LogP contribution in [-0.4, -0.2) is 25.0 Å². The molecule has 3 N–H and O–H groups in total. The van der Waals surface area contributed by atoms with E-state index in [1.54, 1.807) is 0 Å². The number of rotatable bonds is 3. The molecule has 0 bridgehead atoms. The molecule has 2 unspecified atom stereocenters. The van der Waals surface area contributed by atoms with Gasteiger partial charge < -0.3 is 15.8 Å². The molecule has 0 heterocycles. The number of ether oxygens (including phenoxy) is 1. The van der Waals surface area contributed by atoms with E-state index in [0.717, 1.165) is 0 Å². The summed E-state index contributed by atoms with van der Waals surface area (Å²) in [5.41, 5.74) is 6.31. The van der Waals surface area contributed by atoms with E-state index in [1.807, 2.05) is 0 Å². The number of nitrogens with two attached hydrogens (primary N) is 1. The molecule has 1 aromatic rings. The van der Waals surface area contributed by atoms with Gasteiger partial charge in [-0.15, -0.1) is 0 Å². The van der Waals surface area contributed by atoms with Crippen molar-refractivity contribution in [3.05, 3.63) is 28.8 Å². The molecule has 1 saturated carbocycles. The van der Waals surface area contributed by atoms with Gasteiger partial charge in [-0.25, -0.2) is 4.79 Å². The summed E-state index contributed by atoms with van der Waals surface area (Å²) in [6.07, 6.45) is 0.681. The van der Waals surface area contributed by atoms with E-state index in [4.69, 9.17) is 17.3 Å². The number of halogens is 1. The molecule has 2 atom stereocenters. The molecule has 1 aliphatic carbocycles. The van der Waals surface area contributed by atoms with E-state index in [1.165, 1.54) is 25.3 Å². The number of benzene rings is 1. The fraction of sp³-hybridized carbons (Fsp3) is 0.333. The first-order valence-electron chi connectivity index (χ1n) is 5.47. The van der Waals surface area contributed by atoms with Crippen LogP contribution in [0, 0.1) is 5.92 Å². The Morgan fingerprint density at radius 3 is 2.72 bits per heavy atom. The summed E-state index contributed by atoms with van der Waals surface area (Å²) >= 11 is 5.95. The van der Waals surface area contributed by atoms with Crippen molar-refractivity contribution in [3.8, 4) is 0 Å².